The van der Waals surface area contributed by atoms with Crippen molar-refractivity contribution in [1.29, 1.82) is 0 Å². The highest BCUT2D eigenvalue weighted by Gasteiger charge is 2.54. The van der Waals surface area contributed by atoms with E-state index in [4.69, 9.17) is 5.11 Å². The SMILES string of the molecule is Cc1cc(NC(=O)c2ccc(F)c(C(F)(F)C(=O)N3[C@@H]4CC[C@H]3C[C@H](C(=O)NCCO)C4)c2)ccc1F. The van der Waals surface area contributed by atoms with Gasteiger partial charge >= 0.3 is 5.92 Å². The van der Waals surface area contributed by atoms with Gasteiger partial charge in [0, 0.05) is 35.8 Å². The first-order valence-electron chi connectivity index (χ1n) is 12.0. The molecular weight excluding hydrogens is 494 g/mol. The van der Waals surface area contributed by atoms with Gasteiger partial charge in [-0.2, -0.15) is 8.78 Å². The summed E-state index contributed by atoms with van der Waals surface area (Å²) in [6.07, 6.45) is 1.27. The number of amides is 3. The van der Waals surface area contributed by atoms with Crippen LogP contribution in [0.25, 0.3) is 0 Å². The summed E-state index contributed by atoms with van der Waals surface area (Å²) in [4.78, 5) is 39.1. The van der Waals surface area contributed by atoms with E-state index in [9.17, 15) is 23.2 Å². The van der Waals surface area contributed by atoms with E-state index in [1.54, 1.807) is 0 Å². The van der Waals surface area contributed by atoms with Gasteiger partial charge in [0.1, 0.15) is 11.6 Å². The van der Waals surface area contributed by atoms with Crippen LogP contribution in [0, 0.1) is 24.5 Å². The second kappa shape index (κ2) is 10.5. The van der Waals surface area contributed by atoms with E-state index in [1.807, 2.05) is 0 Å². The van der Waals surface area contributed by atoms with Crippen LogP contribution in [0.5, 0.6) is 0 Å². The van der Waals surface area contributed by atoms with Gasteiger partial charge in [-0.05, 0) is 74.6 Å². The minimum absolute atomic E-state index is 0.0787. The topological polar surface area (TPSA) is 98.7 Å². The number of aliphatic hydroxyl groups is 1. The number of carbonyl (C=O) groups is 3. The lowest BCUT2D eigenvalue weighted by Crippen LogP contribution is -2.53. The smallest absolute Gasteiger partial charge is 0.352 e. The molecule has 3 N–H and O–H groups in total. The molecular formula is C26H27F4N3O4. The maximum absolute atomic E-state index is 15.4. The van der Waals surface area contributed by atoms with Gasteiger partial charge < -0.3 is 20.6 Å². The fraction of sp³-hybridized carbons (Fsp3) is 0.423. The number of halogens is 4. The molecule has 2 saturated heterocycles. The molecule has 0 radical (unpaired) electrons. The van der Waals surface area contributed by atoms with Crippen molar-refractivity contribution in [2.75, 3.05) is 18.5 Å². The number of aliphatic hydroxyl groups excluding tert-OH is 1. The number of benzene rings is 2. The van der Waals surface area contributed by atoms with Crippen molar-refractivity contribution in [2.45, 2.75) is 50.6 Å². The van der Waals surface area contributed by atoms with Gasteiger partial charge in [0.2, 0.25) is 5.91 Å². The molecule has 2 fully saturated rings. The zero-order chi connectivity index (χ0) is 26.9. The first-order valence-corrected chi connectivity index (χ1v) is 12.0. The molecule has 0 aliphatic carbocycles. The third kappa shape index (κ3) is 5.31. The van der Waals surface area contributed by atoms with Crippen LogP contribution in [-0.2, 0) is 15.5 Å². The van der Waals surface area contributed by atoms with E-state index in [0.29, 0.717) is 25.0 Å². The van der Waals surface area contributed by atoms with Gasteiger partial charge in [0.15, 0.2) is 0 Å². The molecule has 7 nitrogen and oxygen atoms in total. The van der Waals surface area contributed by atoms with Gasteiger partial charge in [-0.1, -0.05) is 0 Å². The maximum atomic E-state index is 15.4. The van der Waals surface area contributed by atoms with Crippen molar-refractivity contribution >= 4 is 23.4 Å². The highest BCUT2D eigenvalue weighted by Crippen LogP contribution is 2.43. The minimum atomic E-state index is -4.25. The maximum Gasteiger partial charge on any atom is 0.352 e. The summed E-state index contributed by atoms with van der Waals surface area (Å²) in [5, 5.41) is 13.9. The molecule has 11 heteroatoms. The number of piperidine rings is 1. The molecule has 0 saturated carbocycles. The lowest BCUT2D eigenvalue weighted by Gasteiger charge is -2.40. The summed E-state index contributed by atoms with van der Waals surface area (Å²) in [6.45, 7) is 1.34. The lowest BCUT2D eigenvalue weighted by atomic mass is 9.89. The Bertz CT molecular complexity index is 1210. The molecule has 4 rings (SSSR count). The van der Waals surface area contributed by atoms with Crippen molar-refractivity contribution in [3.05, 3.63) is 64.7 Å². The van der Waals surface area contributed by atoms with E-state index in [-0.39, 0.29) is 48.7 Å². The second-order valence-electron chi connectivity index (χ2n) is 9.47. The first-order chi connectivity index (χ1) is 17.5. The Labute approximate surface area is 210 Å². The van der Waals surface area contributed by atoms with Crippen molar-refractivity contribution in [2.24, 2.45) is 5.92 Å². The highest BCUT2D eigenvalue weighted by molar-refractivity contribution is 6.04. The van der Waals surface area contributed by atoms with Crippen LogP contribution in [0.3, 0.4) is 0 Å². The Morgan fingerprint density at radius 3 is 2.30 bits per heavy atom. The number of alkyl halides is 2. The number of nitrogens with one attached hydrogen (secondary N) is 2. The molecule has 198 valence electrons. The van der Waals surface area contributed by atoms with Crippen LogP contribution >= 0.6 is 0 Å². The molecule has 3 atom stereocenters. The summed E-state index contributed by atoms with van der Waals surface area (Å²) in [7, 11) is 0. The van der Waals surface area contributed by atoms with E-state index < -0.39 is 52.9 Å². The van der Waals surface area contributed by atoms with E-state index >= 15 is 8.78 Å². The van der Waals surface area contributed by atoms with Gasteiger partial charge in [0.05, 0.1) is 12.2 Å². The Kier molecular flexibility index (Phi) is 7.54. The monoisotopic (exact) mass is 521 g/mol. The van der Waals surface area contributed by atoms with Crippen LogP contribution in [0.2, 0.25) is 0 Å². The molecule has 2 aliphatic heterocycles. The molecule has 2 aliphatic rings. The quantitative estimate of drug-likeness (QED) is 0.486. The Morgan fingerprint density at radius 2 is 1.68 bits per heavy atom. The standard InChI is InChI=1S/C26H27F4N3O4/c1-14-10-17(3-7-21(14)27)32-24(36)15-2-6-22(28)20(13-15)26(29,30)25(37)33-18-4-5-19(33)12-16(11-18)23(35)31-8-9-34/h2-3,6-7,10,13,16,18-19,34H,4-5,8-9,11-12H2,1H3,(H,31,35)(H,32,36)/t16-,18-,19+. The molecule has 2 bridgehead atoms. The Morgan fingerprint density at radius 1 is 1.03 bits per heavy atom. The Hall–Kier alpha value is -3.47. The predicted octanol–water partition coefficient (Wildman–Crippen LogP) is 3.50. The number of nitrogens with zero attached hydrogens (tertiary/aromatic N) is 1. The lowest BCUT2D eigenvalue weighted by molar-refractivity contribution is -0.165. The molecule has 0 unspecified atom stereocenters. The van der Waals surface area contributed by atoms with E-state index in [1.165, 1.54) is 19.1 Å². The van der Waals surface area contributed by atoms with Crippen LogP contribution in [0.15, 0.2) is 36.4 Å². The molecule has 3 amide bonds. The van der Waals surface area contributed by atoms with E-state index in [2.05, 4.69) is 10.6 Å². The van der Waals surface area contributed by atoms with Gasteiger partial charge in [-0.15, -0.1) is 0 Å². The molecule has 0 aromatic heterocycles. The second-order valence-corrected chi connectivity index (χ2v) is 9.47. The van der Waals surface area contributed by atoms with Crippen LogP contribution in [0.1, 0.15) is 47.2 Å². The van der Waals surface area contributed by atoms with Gasteiger partial charge in [-0.3, -0.25) is 14.4 Å². The van der Waals surface area contributed by atoms with Crippen LogP contribution in [0.4, 0.5) is 23.2 Å². The number of anilines is 1. The summed E-state index contributed by atoms with van der Waals surface area (Å²) in [5.41, 5.74) is -1.03. The normalized spacial score (nSPS) is 21.0. The molecule has 2 aromatic carbocycles. The summed E-state index contributed by atoms with van der Waals surface area (Å²) in [5.74, 6) is -9.24. The molecule has 37 heavy (non-hydrogen) atoms. The summed E-state index contributed by atoms with van der Waals surface area (Å²) < 4.78 is 59.0. The average molecular weight is 522 g/mol. The third-order valence-electron chi connectivity index (χ3n) is 7.00. The number of aryl methyl sites for hydroxylation is 1. The van der Waals surface area contributed by atoms with E-state index in [0.717, 1.165) is 17.0 Å². The minimum Gasteiger partial charge on any atom is -0.395 e. The van der Waals surface area contributed by atoms with Gasteiger partial charge in [0.25, 0.3) is 11.8 Å². The summed E-state index contributed by atoms with van der Waals surface area (Å²) in [6, 6.07) is 4.97. The average Bonchev–Trinajstić information content (AvgIpc) is 3.12. The molecule has 0 spiro atoms. The van der Waals surface area contributed by atoms with Crippen LogP contribution in [-0.4, -0.2) is 53.0 Å². The fourth-order valence-electron chi connectivity index (χ4n) is 5.16. The first kappa shape index (κ1) is 26.6. The highest BCUT2D eigenvalue weighted by atomic mass is 19.3. The fourth-order valence-corrected chi connectivity index (χ4v) is 5.16. The predicted molar refractivity (Wildman–Crippen MR) is 126 cm³/mol. The number of hydrogen-bond acceptors (Lipinski definition) is 4. The molecule has 2 heterocycles. The summed E-state index contributed by atoms with van der Waals surface area (Å²) >= 11 is 0. The zero-order valence-electron chi connectivity index (χ0n) is 20.1. The number of fused-ring (bicyclic) bond motifs is 2. The number of hydrogen-bond donors (Lipinski definition) is 3. The van der Waals surface area contributed by atoms with Crippen molar-refractivity contribution in [1.82, 2.24) is 10.2 Å². The number of rotatable bonds is 7. The third-order valence-corrected chi connectivity index (χ3v) is 7.00. The number of carbonyl (C=O) groups excluding carboxylic acids is 3. The van der Waals surface area contributed by atoms with Crippen molar-refractivity contribution < 1.29 is 37.1 Å². The van der Waals surface area contributed by atoms with Gasteiger partial charge in [-0.25, -0.2) is 8.78 Å². The largest absolute Gasteiger partial charge is 0.395 e. The van der Waals surface area contributed by atoms with Crippen molar-refractivity contribution in [3.63, 3.8) is 0 Å². The Balaban J connectivity index is 1.52. The zero-order valence-corrected chi connectivity index (χ0v) is 20.1. The van der Waals surface area contributed by atoms with Crippen LogP contribution < -0.4 is 10.6 Å². The molecule has 2 aromatic rings. The van der Waals surface area contributed by atoms with Crippen molar-refractivity contribution in [3.8, 4) is 0 Å².